The zero-order valence-corrected chi connectivity index (χ0v) is 25.2. The third kappa shape index (κ3) is 7.47. The van der Waals surface area contributed by atoms with Crippen LogP contribution in [0.25, 0.3) is 0 Å². The maximum atomic E-state index is 14.0. The van der Waals surface area contributed by atoms with Crippen LogP contribution in [0.5, 0.6) is 5.75 Å². The van der Waals surface area contributed by atoms with Gasteiger partial charge in [-0.25, -0.2) is 8.42 Å². The van der Waals surface area contributed by atoms with E-state index in [1.165, 1.54) is 24.1 Å². The summed E-state index contributed by atoms with van der Waals surface area (Å²) in [5, 5.41) is 3.45. The summed E-state index contributed by atoms with van der Waals surface area (Å²) in [4.78, 5) is 28.2. The number of ether oxygens (including phenoxy) is 1. The quantitative estimate of drug-likeness (QED) is 0.296. The lowest BCUT2D eigenvalue weighted by molar-refractivity contribution is -0.139. The first-order valence-electron chi connectivity index (χ1n) is 12.7. The van der Waals surface area contributed by atoms with Crippen LogP contribution in [0.3, 0.4) is 0 Å². The Bertz CT molecular complexity index is 1410. The number of aryl methyl sites for hydroxylation is 1. The number of amides is 2. The van der Waals surface area contributed by atoms with Crippen molar-refractivity contribution < 1.29 is 22.7 Å². The molecule has 0 saturated heterocycles. The summed E-state index contributed by atoms with van der Waals surface area (Å²) in [7, 11) is -2.67. The van der Waals surface area contributed by atoms with Crippen LogP contribution in [0, 0.1) is 6.92 Å². The molecule has 0 heterocycles. The lowest BCUT2D eigenvalue weighted by Crippen LogP contribution is -2.51. The molecule has 3 aromatic rings. The summed E-state index contributed by atoms with van der Waals surface area (Å²) < 4.78 is 34.0. The van der Waals surface area contributed by atoms with Gasteiger partial charge in [-0.1, -0.05) is 53.9 Å². The lowest BCUT2D eigenvalue weighted by Gasteiger charge is -2.32. The van der Waals surface area contributed by atoms with Gasteiger partial charge in [-0.2, -0.15) is 0 Å². The van der Waals surface area contributed by atoms with Crippen LogP contribution < -0.4 is 14.4 Å². The minimum absolute atomic E-state index is 0.0242. The van der Waals surface area contributed by atoms with Crippen LogP contribution in [0.1, 0.15) is 31.4 Å². The van der Waals surface area contributed by atoms with Gasteiger partial charge in [-0.05, 0) is 68.8 Å². The van der Waals surface area contributed by atoms with Crippen LogP contribution in [-0.4, -0.2) is 51.4 Å². The predicted molar refractivity (Wildman–Crippen MR) is 158 cm³/mol. The number of hydrogen-bond donors (Lipinski definition) is 1. The van der Waals surface area contributed by atoms with Gasteiger partial charge < -0.3 is 15.0 Å². The highest BCUT2D eigenvalue weighted by molar-refractivity contribution is 7.92. The van der Waals surface area contributed by atoms with Crippen molar-refractivity contribution in [3.05, 3.63) is 87.9 Å². The van der Waals surface area contributed by atoms with E-state index in [4.69, 9.17) is 27.9 Å². The fourth-order valence-electron chi connectivity index (χ4n) is 3.95. The molecule has 0 aliphatic heterocycles. The summed E-state index contributed by atoms with van der Waals surface area (Å²) in [5.41, 5.74) is 1.60. The van der Waals surface area contributed by atoms with Crippen molar-refractivity contribution in [2.24, 2.45) is 0 Å². The van der Waals surface area contributed by atoms with Crippen molar-refractivity contribution in [1.29, 1.82) is 0 Å². The molecule has 8 nitrogen and oxygen atoms in total. The summed E-state index contributed by atoms with van der Waals surface area (Å²) in [6.07, 6.45) is 0.711. The monoisotopic (exact) mass is 605 g/mol. The van der Waals surface area contributed by atoms with E-state index < -0.39 is 28.5 Å². The van der Waals surface area contributed by atoms with Crippen molar-refractivity contribution in [1.82, 2.24) is 10.2 Å². The number of carbonyl (C=O) groups excluding carboxylic acids is 2. The normalized spacial score (nSPS) is 11.9. The summed E-state index contributed by atoms with van der Waals surface area (Å²) in [6, 6.07) is 16.7. The van der Waals surface area contributed by atoms with E-state index in [1.807, 2.05) is 13.8 Å². The van der Waals surface area contributed by atoms with Crippen molar-refractivity contribution in [2.45, 2.75) is 44.7 Å². The molecule has 0 aliphatic carbocycles. The molecule has 0 saturated carbocycles. The molecule has 214 valence electrons. The van der Waals surface area contributed by atoms with Crippen LogP contribution in [0.4, 0.5) is 5.69 Å². The molecule has 3 aromatic carbocycles. The van der Waals surface area contributed by atoms with Crippen molar-refractivity contribution in [3.8, 4) is 5.75 Å². The Labute approximate surface area is 245 Å². The predicted octanol–water partition coefficient (Wildman–Crippen LogP) is 5.45. The minimum atomic E-state index is -4.18. The number of anilines is 1. The average molecular weight is 607 g/mol. The van der Waals surface area contributed by atoms with E-state index in [9.17, 15) is 18.0 Å². The number of carbonyl (C=O) groups is 2. The molecule has 1 N–H and O–H groups in total. The van der Waals surface area contributed by atoms with E-state index in [1.54, 1.807) is 61.5 Å². The molecule has 0 bridgehead atoms. The molecule has 0 unspecified atom stereocenters. The van der Waals surface area contributed by atoms with Crippen LogP contribution in [0.2, 0.25) is 10.0 Å². The molecule has 0 aliphatic rings. The Morgan fingerprint density at radius 3 is 2.12 bits per heavy atom. The molecule has 0 spiro atoms. The maximum absolute atomic E-state index is 14.0. The third-order valence-electron chi connectivity index (χ3n) is 6.35. The summed E-state index contributed by atoms with van der Waals surface area (Å²) >= 11 is 12.8. The number of halogens is 2. The van der Waals surface area contributed by atoms with Gasteiger partial charge in [0.25, 0.3) is 10.0 Å². The van der Waals surface area contributed by atoms with Crippen molar-refractivity contribution in [3.63, 3.8) is 0 Å². The Kier molecular flexibility index (Phi) is 10.8. The molecule has 1 atom stereocenters. The number of rotatable bonds is 12. The lowest BCUT2D eigenvalue weighted by atomic mass is 10.1. The molecule has 0 fully saturated rings. The second kappa shape index (κ2) is 13.9. The first kappa shape index (κ1) is 31.3. The van der Waals surface area contributed by atoms with Gasteiger partial charge in [0.1, 0.15) is 18.3 Å². The highest BCUT2D eigenvalue weighted by Crippen LogP contribution is 2.29. The Morgan fingerprint density at radius 2 is 1.57 bits per heavy atom. The maximum Gasteiger partial charge on any atom is 0.264 e. The van der Waals surface area contributed by atoms with Crippen molar-refractivity contribution in [2.75, 3.05) is 24.5 Å². The fraction of sp³-hybridized carbons (Fsp3) is 0.310. The molecule has 0 aromatic heterocycles. The minimum Gasteiger partial charge on any atom is -0.497 e. The summed E-state index contributed by atoms with van der Waals surface area (Å²) in [5.74, 6) is -0.462. The number of nitrogens with one attached hydrogen (secondary N) is 1. The molecular weight excluding hydrogens is 573 g/mol. The largest absolute Gasteiger partial charge is 0.497 e. The van der Waals surface area contributed by atoms with E-state index in [0.29, 0.717) is 34.3 Å². The van der Waals surface area contributed by atoms with Crippen LogP contribution in [-0.2, 0) is 26.2 Å². The van der Waals surface area contributed by atoms with Crippen LogP contribution >= 0.6 is 23.2 Å². The van der Waals surface area contributed by atoms with E-state index >= 15 is 0 Å². The van der Waals surface area contributed by atoms with Crippen molar-refractivity contribution >= 4 is 50.7 Å². The highest BCUT2D eigenvalue weighted by atomic mass is 35.5. The Balaban J connectivity index is 2.06. The molecule has 3 rings (SSSR count). The molecule has 2 amide bonds. The van der Waals surface area contributed by atoms with Gasteiger partial charge in [-0.15, -0.1) is 0 Å². The van der Waals surface area contributed by atoms with E-state index in [-0.39, 0.29) is 23.0 Å². The van der Waals surface area contributed by atoms with E-state index in [2.05, 4.69) is 5.32 Å². The zero-order valence-electron chi connectivity index (χ0n) is 22.9. The molecular formula is C29H33Cl2N3O5S. The average Bonchev–Trinajstić information content (AvgIpc) is 2.94. The van der Waals surface area contributed by atoms with Gasteiger partial charge in [0, 0.05) is 28.7 Å². The van der Waals surface area contributed by atoms with Gasteiger partial charge in [0.15, 0.2) is 0 Å². The molecule has 40 heavy (non-hydrogen) atoms. The second-order valence-electron chi connectivity index (χ2n) is 9.21. The smallest absolute Gasteiger partial charge is 0.264 e. The van der Waals surface area contributed by atoms with Gasteiger partial charge in [-0.3, -0.25) is 13.9 Å². The number of nitrogens with zero attached hydrogens (tertiary/aromatic N) is 2. The first-order chi connectivity index (χ1) is 19.0. The standard InChI is InChI=1S/C29H33Cl2N3O5S/c1-5-17-32-29(36)21(3)33(18-25-26(30)7-6-8-27(25)31)28(35)19-34(22-11-13-23(39-4)14-12-22)40(37,38)24-15-9-20(2)10-16-24/h6-16,21H,5,17-19H2,1-4H3,(H,32,36)/t21-/m0/s1. The molecule has 0 radical (unpaired) electrons. The second-order valence-corrected chi connectivity index (χ2v) is 11.9. The number of hydrogen-bond acceptors (Lipinski definition) is 5. The number of methoxy groups -OCH3 is 1. The van der Waals surface area contributed by atoms with Gasteiger partial charge in [0.2, 0.25) is 11.8 Å². The number of benzene rings is 3. The Hall–Kier alpha value is -3.27. The van der Waals surface area contributed by atoms with E-state index in [0.717, 1.165) is 9.87 Å². The third-order valence-corrected chi connectivity index (χ3v) is 8.85. The SMILES string of the molecule is CCCNC(=O)[C@H](C)N(Cc1c(Cl)cccc1Cl)C(=O)CN(c1ccc(OC)cc1)S(=O)(=O)c1ccc(C)cc1. The Morgan fingerprint density at radius 1 is 0.975 bits per heavy atom. The summed E-state index contributed by atoms with van der Waals surface area (Å²) in [6.45, 7) is 5.11. The highest BCUT2D eigenvalue weighted by Gasteiger charge is 2.33. The first-order valence-corrected chi connectivity index (χ1v) is 14.9. The topological polar surface area (TPSA) is 96.0 Å². The van der Waals surface area contributed by atoms with Gasteiger partial charge in [0.05, 0.1) is 17.7 Å². The molecule has 11 heteroatoms. The van der Waals surface area contributed by atoms with Crippen LogP contribution in [0.15, 0.2) is 71.6 Å². The zero-order chi connectivity index (χ0) is 29.4. The van der Waals surface area contributed by atoms with Gasteiger partial charge >= 0.3 is 0 Å². The number of sulfonamides is 1. The fourth-order valence-corrected chi connectivity index (χ4v) is 5.88.